The zero-order valence-electron chi connectivity index (χ0n) is 19.4. The summed E-state index contributed by atoms with van der Waals surface area (Å²) in [7, 11) is 1.64. The van der Waals surface area contributed by atoms with Gasteiger partial charge in [-0.3, -0.25) is 4.79 Å². The Balaban J connectivity index is 1.40. The number of rotatable bonds is 9. The minimum Gasteiger partial charge on any atom is -0.488 e. The van der Waals surface area contributed by atoms with Crippen molar-refractivity contribution in [3.63, 3.8) is 0 Å². The molecule has 3 aromatic heterocycles. The van der Waals surface area contributed by atoms with Crippen LogP contribution in [-0.2, 0) is 4.74 Å². The number of methoxy groups -OCH3 is 1. The molecule has 1 amide bonds. The number of aromatic nitrogens is 4. The number of H-pyrrole nitrogens is 1. The molecule has 5 rings (SSSR count). The van der Waals surface area contributed by atoms with Crippen LogP contribution in [0.15, 0.2) is 54.3 Å². The first kappa shape index (κ1) is 23.0. The van der Waals surface area contributed by atoms with Crippen molar-refractivity contribution < 1.29 is 19.0 Å². The topological polar surface area (TPSA) is 102 Å². The lowest BCUT2D eigenvalue weighted by molar-refractivity contribution is 0.0645. The predicted octanol–water partition coefficient (Wildman–Crippen LogP) is 4.65. The number of nitrogens with one attached hydrogen (secondary N) is 1. The molecule has 1 N–H and O–H groups in total. The van der Waals surface area contributed by atoms with E-state index in [2.05, 4.69) is 19.9 Å². The van der Waals surface area contributed by atoms with Gasteiger partial charge in [-0.2, -0.15) is 0 Å². The van der Waals surface area contributed by atoms with E-state index in [9.17, 15) is 4.79 Å². The number of nitrogens with zero attached hydrogens (tertiary/aromatic N) is 4. The molecule has 1 saturated heterocycles. The van der Waals surface area contributed by atoms with Crippen LogP contribution in [-0.4, -0.2) is 63.7 Å². The van der Waals surface area contributed by atoms with Crippen LogP contribution in [0, 0.1) is 0 Å². The van der Waals surface area contributed by atoms with Gasteiger partial charge in [0.05, 0.1) is 24.7 Å². The predicted molar refractivity (Wildman–Crippen MR) is 132 cm³/mol. The van der Waals surface area contributed by atoms with Crippen molar-refractivity contribution in [2.24, 2.45) is 0 Å². The maximum Gasteiger partial charge on any atom is 0.274 e. The van der Waals surface area contributed by atoms with Crippen molar-refractivity contribution in [1.29, 1.82) is 0 Å². The molecular formula is C25H25N5O4S. The van der Waals surface area contributed by atoms with Gasteiger partial charge in [0.25, 0.3) is 5.91 Å². The molecule has 1 aromatic carbocycles. The normalized spacial score (nSPS) is 13.8. The molecule has 0 aliphatic carbocycles. The molecule has 35 heavy (non-hydrogen) atoms. The van der Waals surface area contributed by atoms with Crippen molar-refractivity contribution in [3.05, 3.63) is 60.0 Å². The van der Waals surface area contributed by atoms with E-state index < -0.39 is 0 Å². The Labute approximate surface area is 206 Å². The second-order valence-electron chi connectivity index (χ2n) is 8.19. The lowest BCUT2D eigenvalue weighted by Crippen LogP contribution is -2.42. The Morgan fingerprint density at radius 3 is 2.63 bits per heavy atom. The molecule has 0 spiro atoms. The lowest BCUT2D eigenvalue weighted by Gasteiger charge is -2.30. The zero-order valence-corrected chi connectivity index (χ0v) is 20.2. The molecule has 9 nitrogen and oxygen atoms in total. The fraction of sp³-hybridized carbons (Fsp3) is 0.280. The van der Waals surface area contributed by atoms with Gasteiger partial charge in [-0.1, -0.05) is 0 Å². The van der Waals surface area contributed by atoms with Gasteiger partial charge >= 0.3 is 0 Å². The number of ether oxygens (including phenoxy) is 3. The summed E-state index contributed by atoms with van der Waals surface area (Å²) in [6, 6.07) is 9.62. The minimum atomic E-state index is -0.149. The summed E-state index contributed by atoms with van der Waals surface area (Å²) in [6.45, 7) is 3.91. The van der Waals surface area contributed by atoms with Gasteiger partial charge in [0, 0.05) is 49.1 Å². The highest BCUT2D eigenvalue weighted by atomic mass is 32.1. The van der Waals surface area contributed by atoms with E-state index in [1.807, 2.05) is 36.6 Å². The summed E-state index contributed by atoms with van der Waals surface area (Å²) in [5.74, 6) is 1.34. The maximum atomic E-state index is 12.3. The molecule has 4 heterocycles. The van der Waals surface area contributed by atoms with Crippen LogP contribution < -0.4 is 9.47 Å². The zero-order chi connectivity index (χ0) is 24.2. The molecule has 1 aliphatic rings. The van der Waals surface area contributed by atoms with Crippen molar-refractivity contribution in [1.82, 2.24) is 24.8 Å². The third-order valence-corrected chi connectivity index (χ3v) is 6.30. The third-order valence-electron chi connectivity index (χ3n) is 5.49. The van der Waals surface area contributed by atoms with E-state index in [0.29, 0.717) is 23.8 Å². The number of carbonyl (C=O) groups excluding carboxylic acids is 1. The molecule has 0 bridgehead atoms. The van der Waals surface area contributed by atoms with E-state index in [1.165, 1.54) is 12.4 Å². The Morgan fingerprint density at radius 2 is 1.94 bits per heavy atom. The van der Waals surface area contributed by atoms with Gasteiger partial charge in [-0.15, -0.1) is 11.3 Å². The smallest absolute Gasteiger partial charge is 0.274 e. The Hall–Kier alpha value is -3.76. The Kier molecular flexibility index (Phi) is 6.73. The van der Waals surface area contributed by atoms with Gasteiger partial charge in [-0.25, -0.2) is 15.0 Å². The summed E-state index contributed by atoms with van der Waals surface area (Å²) in [6.07, 6.45) is 5.56. The largest absolute Gasteiger partial charge is 0.488 e. The van der Waals surface area contributed by atoms with Gasteiger partial charge in [0.2, 0.25) is 5.88 Å². The van der Waals surface area contributed by atoms with Crippen LogP contribution in [0.3, 0.4) is 0 Å². The first-order valence-corrected chi connectivity index (χ1v) is 12.2. The molecule has 4 aromatic rings. The van der Waals surface area contributed by atoms with E-state index in [1.54, 1.807) is 35.6 Å². The van der Waals surface area contributed by atoms with Crippen molar-refractivity contribution in [2.45, 2.75) is 19.4 Å². The van der Waals surface area contributed by atoms with Crippen molar-refractivity contribution in [3.8, 4) is 39.3 Å². The fourth-order valence-corrected chi connectivity index (χ4v) is 4.30. The highest BCUT2D eigenvalue weighted by Crippen LogP contribution is 2.33. The fourth-order valence-electron chi connectivity index (χ4n) is 3.68. The number of carbonyl (C=O) groups is 1. The van der Waals surface area contributed by atoms with Crippen LogP contribution in [0.4, 0.5) is 0 Å². The molecule has 180 valence electrons. The summed E-state index contributed by atoms with van der Waals surface area (Å²) in [4.78, 5) is 30.4. The summed E-state index contributed by atoms with van der Waals surface area (Å²) >= 11 is 1.57. The van der Waals surface area contributed by atoms with Crippen LogP contribution in [0.1, 0.15) is 23.8 Å². The molecule has 1 aliphatic heterocycles. The molecular weight excluding hydrogens is 466 g/mol. The number of hydrogen-bond donors (Lipinski definition) is 1. The molecule has 10 heteroatoms. The van der Waals surface area contributed by atoms with Gasteiger partial charge in [0.1, 0.15) is 28.3 Å². The van der Waals surface area contributed by atoms with Gasteiger partial charge in [-0.05, 0) is 37.6 Å². The molecule has 0 unspecified atom stereocenters. The van der Waals surface area contributed by atoms with Crippen LogP contribution in [0.5, 0.6) is 17.4 Å². The minimum absolute atomic E-state index is 0.108. The quantitative estimate of drug-likeness (QED) is 0.364. The van der Waals surface area contributed by atoms with Gasteiger partial charge < -0.3 is 24.1 Å². The van der Waals surface area contributed by atoms with Crippen molar-refractivity contribution in [2.75, 3.05) is 26.8 Å². The maximum absolute atomic E-state index is 12.3. The number of likely N-dealkylation sites (tertiary alicyclic amines) is 1. The number of aromatic amines is 1. The highest BCUT2D eigenvalue weighted by molar-refractivity contribution is 7.13. The van der Waals surface area contributed by atoms with Crippen LogP contribution >= 0.6 is 11.3 Å². The second-order valence-corrected chi connectivity index (χ2v) is 9.08. The molecule has 1 atom stereocenters. The standard InChI is InChI=1S/C25H25N5O4S/c1-16(15-32-2)33-18-10-17(20-4-5-21(29-20)24-26-6-9-35-24)11-19(12-18)34-23-14-27-22(13-28-23)25(31)30-7-3-8-30/h4-6,9-14,16,29H,3,7-8,15H2,1-2H3/t16-/m0/s1. The monoisotopic (exact) mass is 491 g/mol. The van der Waals surface area contributed by atoms with E-state index in [-0.39, 0.29) is 17.9 Å². The number of thiazole rings is 1. The SMILES string of the molecule is COC[C@H](C)Oc1cc(Oc2cnc(C(=O)N3CCC3)cn2)cc(-c2ccc(-c3nccs3)[nH]2)c1. The highest BCUT2D eigenvalue weighted by Gasteiger charge is 2.23. The molecule has 0 radical (unpaired) electrons. The van der Waals surface area contributed by atoms with Gasteiger partial charge in [0.15, 0.2) is 0 Å². The molecule has 0 saturated carbocycles. The second kappa shape index (κ2) is 10.2. The summed E-state index contributed by atoms with van der Waals surface area (Å²) in [5, 5.41) is 2.86. The Morgan fingerprint density at radius 1 is 1.11 bits per heavy atom. The summed E-state index contributed by atoms with van der Waals surface area (Å²) in [5.41, 5.74) is 3.02. The summed E-state index contributed by atoms with van der Waals surface area (Å²) < 4.78 is 17.3. The van der Waals surface area contributed by atoms with Crippen LogP contribution in [0.25, 0.3) is 22.0 Å². The van der Waals surface area contributed by atoms with E-state index in [0.717, 1.165) is 41.5 Å². The van der Waals surface area contributed by atoms with Crippen molar-refractivity contribution >= 4 is 17.2 Å². The first-order chi connectivity index (χ1) is 17.1. The average molecular weight is 492 g/mol. The number of hydrogen-bond acceptors (Lipinski definition) is 8. The van der Waals surface area contributed by atoms with E-state index >= 15 is 0 Å². The third kappa shape index (κ3) is 5.33. The van der Waals surface area contributed by atoms with E-state index in [4.69, 9.17) is 14.2 Å². The lowest BCUT2D eigenvalue weighted by atomic mass is 10.1. The number of benzene rings is 1. The number of amides is 1. The molecule has 1 fully saturated rings. The van der Waals surface area contributed by atoms with Crippen LogP contribution in [0.2, 0.25) is 0 Å². The Bertz CT molecular complexity index is 1290. The first-order valence-electron chi connectivity index (χ1n) is 11.3. The average Bonchev–Trinajstić information content (AvgIpc) is 3.51.